The number of benzene rings is 2. The quantitative estimate of drug-likeness (QED) is 0.423. The Labute approximate surface area is 175 Å². The number of aromatic nitrogens is 3. The molecule has 0 amide bonds. The molecule has 0 spiro atoms. The fraction of sp³-hybridized carbons (Fsp3) is 0.208. The summed E-state index contributed by atoms with van der Waals surface area (Å²) in [5.41, 5.74) is 9.56. The van der Waals surface area contributed by atoms with Gasteiger partial charge < -0.3 is 15.0 Å². The highest BCUT2D eigenvalue weighted by Gasteiger charge is 2.17. The molecular formula is C24H24N4O2. The molecule has 0 atom stereocenters. The first-order chi connectivity index (χ1) is 14.5. The van der Waals surface area contributed by atoms with Crippen LogP contribution in [0.4, 0.5) is 5.82 Å². The molecule has 0 bridgehead atoms. The van der Waals surface area contributed by atoms with E-state index < -0.39 is 0 Å². The molecule has 2 aromatic heterocycles. The molecule has 4 aromatic rings. The van der Waals surface area contributed by atoms with Crippen LogP contribution in [0.1, 0.15) is 43.6 Å². The minimum atomic E-state index is 0.0548. The number of nitrogens with zero attached hydrogens (tertiary/aromatic N) is 3. The van der Waals surface area contributed by atoms with E-state index >= 15 is 0 Å². The zero-order chi connectivity index (χ0) is 21.3. The standard InChI is InChI=1S/C24H24N4O2/c1-4-20(29)18-7-5-6-8-21(18)30-17-11-9-16(10-12-17)19-13-28(15(2)3)24-22(19)23(25)26-14-27-24/h5-15H,4H2,1-3H3,(H2,25,26,27). The molecule has 0 aliphatic carbocycles. The third kappa shape index (κ3) is 3.52. The lowest BCUT2D eigenvalue weighted by Gasteiger charge is -2.10. The van der Waals surface area contributed by atoms with E-state index in [1.165, 1.54) is 6.33 Å². The average Bonchev–Trinajstić information content (AvgIpc) is 3.15. The number of carbonyl (C=O) groups excluding carboxylic acids is 1. The Kier molecular flexibility index (Phi) is 5.23. The zero-order valence-electron chi connectivity index (χ0n) is 17.3. The summed E-state index contributed by atoms with van der Waals surface area (Å²) >= 11 is 0. The molecule has 0 radical (unpaired) electrons. The molecule has 0 fully saturated rings. The fourth-order valence-electron chi connectivity index (χ4n) is 3.53. The highest BCUT2D eigenvalue weighted by molar-refractivity contribution is 6.01. The van der Waals surface area contributed by atoms with Gasteiger partial charge in [-0.05, 0) is 43.7 Å². The molecule has 0 saturated heterocycles. The highest BCUT2D eigenvalue weighted by atomic mass is 16.5. The van der Waals surface area contributed by atoms with Gasteiger partial charge in [-0.1, -0.05) is 31.2 Å². The van der Waals surface area contributed by atoms with E-state index in [9.17, 15) is 4.79 Å². The number of nitrogen functional groups attached to an aromatic ring is 1. The first-order valence-electron chi connectivity index (χ1n) is 10.0. The van der Waals surface area contributed by atoms with Gasteiger partial charge in [-0.3, -0.25) is 4.79 Å². The molecule has 0 aliphatic rings. The summed E-state index contributed by atoms with van der Waals surface area (Å²) in [4.78, 5) is 20.8. The molecule has 4 rings (SSSR count). The van der Waals surface area contributed by atoms with Gasteiger partial charge in [-0.15, -0.1) is 0 Å². The lowest BCUT2D eigenvalue weighted by Crippen LogP contribution is -2.00. The van der Waals surface area contributed by atoms with Crippen LogP contribution in [0.3, 0.4) is 0 Å². The maximum Gasteiger partial charge on any atom is 0.166 e. The van der Waals surface area contributed by atoms with Gasteiger partial charge in [0.2, 0.25) is 0 Å². The van der Waals surface area contributed by atoms with Gasteiger partial charge in [-0.2, -0.15) is 0 Å². The monoisotopic (exact) mass is 400 g/mol. The molecule has 2 N–H and O–H groups in total. The number of hydrogen-bond acceptors (Lipinski definition) is 5. The van der Waals surface area contributed by atoms with E-state index in [0.29, 0.717) is 29.3 Å². The first kappa shape index (κ1) is 19.6. The van der Waals surface area contributed by atoms with Crippen molar-refractivity contribution in [1.29, 1.82) is 0 Å². The number of Topliss-reactive ketones (excluding diaryl/α,β-unsaturated/α-hetero) is 1. The molecule has 2 aromatic carbocycles. The van der Waals surface area contributed by atoms with E-state index in [0.717, 1.165) is 22.2 Å². The normalized spacial score (nSPS) is 11.2. The summed E-state index contributed by atoms with van der Waals surface area (Å²) < 4.78 is 8.10. The SMILES string of the molecule is CCC(=O)c1ccccc1Oc1ccc(-c2cn(C(C)C)c3ncnc(N)c23)cc1. The van der Waals surface area contributed by atoms with Crippen molar-refractivity contribution in [1.82, 2.24) is 14.5 Å². The second-order valence-corrected chi connectivity index (χ2v) is 7.40. The van der Waals surface area contributed by atoms with Crippen LogP contribution in [0.5, 0.6) is 11.5 Å². The van der Waals surface area contributed by atoms with Gasteiger partial charge in [0.1, 0.15) is 29.3 Å². The summed E-state index contributed by atoms with van der Waals surface area (Å²) in [6.07, 6.45) is 3.99. The fourth-order valence-corrected chi connectivity index (χ4v) is 3.53. The van der Waals surface area contributed by atoms with E-state index in [2.05, 4.69) is 34.6 Å². The number of carbonyl (C=O) groups is 1. The predicted molar refractivity (Wildman–Crippen MR) is 119 cm³/mol. The Bertz CT molecular complexity index is 1210. The molecule has 0 unspecified atom stereocenters. The van der Waals surface area contributed by atoms with Crippen LogP contribution in [-0.2, 0) is 0 Å². The van der Waals surface area contributed by atoms with E-state index in [-0.39, 0.29) is 11.8 Å². The first-order valence-corrected chi connectivity index (χ1v) is 10.0. The van der Waals surface area contributed by atoms with E-state index in [1.807, 2.05) is 49.4 Å². The van der Waals surface area contributed by atoms with Gasteiger partial charge in [0.15, 0.2) is 5.78 Å². The molecular weight excluding hydrogens is 376 g/mol. The molecule has 30 heavy (non-hydrogen) atoms. The minimum absolute atomic E-state index is 0.0548. The minimum Gasteiger partial charge on any atom is -0.457 e. The van der Waals surface area contributed by atoms with Crippen LogP contribution in [0.2, 0.25) is 0 Å². The Morgan fingerprint density at radius 1 is 1.10 bits per heavy atom. The summed E-state index contributed by atoms with van der Waals surface area (Å²) in [6, 6.07) is 15.3. The Hall–Kier alpha value is -3.67. The van der Waals surface area contributed by atoms with Crippen molar-refractivity contribution in [3.63, 3.8) is 0 Å². The maximum absolute atomic E-state index is 12.2. The summed E-state index contributed by atoms with van der Waals surface area (Å²) in [5, 5.41) is 0.846. The number of para-hydroxylation sites is 1. The Morgan fingerprint density at radius 3 is 2.53 bits per heavy atom. The van der Waals surface area contributed by atoms with Crippen LogP contribution >= 0.6 is 0 Å². The number of anilines is 1. The van der Waals surface area contributed by atoms with Crippen LogP contribution in [0.25, 0.3) is 22.2 Å². The number of hydrogen-bond donors (Lipinski definition) is 1. The largest absolute Gasteiger partial charge is 0.457 e. The number of rotatable bonds is 6. The van der Waals surface area contributed by atoms with Crippen molar-refractivity contribution < 1.29 is 9.53 Å². The molecule has 0 aliphatic heterocycles. The summed E-state index contributed by atoms with van der Waals surface area (Å²) in [5.74, 6) is 1.74. The smallest absolute Gasteiger partial charge is 0.166 e. The van der Waals surface area contributed by atoms with Crippen LogP contribution in [0, 0.1) is 0 Å². The molecule has 6 heteroatoms. The summed E-state index contributed by atoms with van der Waals surface area (Å²) in [7, 11) is 0. The van der Waals surface area contributed by atoms with Crippen molar-refractivity contribution in [2.45, 2.75) is 33.2 Å². The zero-order valence-corrected chi connectivity index (χ0v) is 17.3. The van der Waals surface area contributed by atoms with E-state index in [1.54, 1.807) is 6.07 Å². The van der Waals surface area contributed by atoms with Gasteiger partial charge in [0.05, 0.1) is 10.9 Å². The molecule has 6 nitrogen and oxygen atoms in total. The van der Waals surface area contributed by atoms with Crippen molar-refractivity contribution in [2.24, 2.45) is 0 Å². The van der Waals surface area contributed by atoms with Crippen molar-refractivity contribution in [2.75, 3.05) is 5.73 Å². The second-order valence-electron chi connectivity index (χ2n) is 7.40. The Balaban J connectivity index is 1.70. The maximum atomic E-state index is 12.2. The van der Waals surface area contributed by atoms with Crippen LogP contribution < -0.4 is 10.5 Å². The van der Waals surface area contributed by atoms with Gasteiger partial charge in [0.25, 0.3) is 0 Å². The van der Waals surface area contributed by atoms with E-state index in [4.69, 9.17) is 10.5 Å². The topological polar surface area (TPSA) is 83.0 Å². The van der Waals surface area contributed by atoms with Gasteiger partial charge >= 0.3 is 0 Å². The van der Waals surface area contributed by atoms with Crippen molar-refractivity contribution >= 4 is 22.6 Å². The lowest BCUT2D eigenvalue weighted by molar-refractivity contribution is 0.0986. The number of fused-ring (bicyclic) bond motifs is 1. The lowest BCUT2D eigenvalue weighted by atomic mass is 10.1. The predicted octanol–water partition coefficient (Wildman–Crippen LogP) is 5.65. The van der Waals surface area contributed by atoms with Gasteiger partial charge in [0, 0.05) is 24.2 Å². The Morgan fingerprint density at radius 2 is 1.83 bits per heavy atom. The van der Waals surface area contributed by atoms with Crippen LogP contribution in [-0.4, -0.2) is 20.3 Å². The van der Waals surface area contributed by atoms with Crippen molar-refractivity contribution in [3.05, 3.63) is 66.6 Å². The van der Waals surface area contributed by atoms with Gasteiger partial charge in [-0.25, -0.2) is 9.97 Å². The molecule has 152 valence electrons. The van der Waals surface area contributed by atoms with Crippen molar-refractivity contribution in [3.8, 4) is 22.6 Å². The summed E-state index contributed by atoms with van der Waals surface area (Å²) in [6.45, 7) is 6.05. The number of nitrogens with two attached hydrogens (primary N) is 1. The molecule has 2 heterocycles. The third-order valence-electron chi connectivity index (χ3n) is 5.10. The van der Waals surface area contributed by atoms with Crippen LogP contribution in [0.15, 0.2) is 61.1 Å². The third-order valence-corrected chi connectivity index (χ3v) is 5.10. The number of ether oxygens (including phenoxy) is 1. The average molecular weight is 400 g/mol. The number of ketones is 1. The highest BCUT2D eigenvalue weighted by Crippen LogP contribution is 2.35. The second kappa shape index (κ2) is 7.99. The molecule has 0 saturated carbocycles.